The molecule has 0 aliphatic carbocycles. The summed E-state index contributed by atoms with van der Waals surface area (Å²) in [6.07, 6.45) is 9.00. The lowest BCUT2D eigenvalue weighted by Crippen LogP contribution is -2.19. The molecule has 1 aliphatic heterocycles. The van der Waals surface area contributed by atoms with Crippen LogP contribution in [-0.4, -0.2) is 24.3 Å². The number of aromatic nitrogens is 5. The number of imidazole rings is 1. The Morgan fingerprint density at radius 1 is 1.23 bits per heavy atom. The molecule has 3 aromatic rings. The highest BCUT2D eigenvalue weighted by Crippen LogP contribution is 2.26. The molecular weight excluding hydrogens is 328 g/mol. The van der Waals surface area contributed by atoms with E-state index in [1.165, 1.54) is 24.4 Å². The van der Waals surface area contributed by atoms with E-state index in [0.29, 0.717) is 12.3 Å². The minimum Gasteiger partial charge on any atom is -0.437 e. The van der Waals surface area contributed by atoms with E-state index in [-0.39, 0.29) is 0 Å². The average Bonchev–Trinajstić information content (AvgIpc) is 3.18. The second kappa shape index (κ2) is 7.29. The molecular formula is C19H24N6O. The molecule has 0 amide bonds. The molecule has 0 unspecified atom stereocenters. The lowest BCUT2D eigenvalue weighted by atomic mass is 10.1. The second-order valence-electron chi connectivity index (χ2n) is 6.66. The van der Waals surface area contributed by atoms with E-state index in [1.807, 2.05) is 32.3 Å². The van der Waals surface area contributed by atoms with Gasteiger partial charge in [-0.1, -0.05) is 0 Å². The monoisotopic (exact) mass is 352 g/mol. The summed E-state index contributed by atoms with van der Waals surface area (Å²) < 4.78 is 10.1. The maximum absolute atomic E-state index is 6.02. The molecule has 0 radical (unpaired) electrons. The first-order valence-corrected chi connectivity index (χ1v) is 9.06. The van der Waals surface area contributed by atoms with Crippen molar-refractivity contribution in [1.29, 1.82) is 0 Å². The van der Waals surface area contributed by atoms with Crippen molar-refractivity contribution in [2.45, 2.75) is 45.8 Å². The maximum atomic E-state index is 6.02. The van der Waals surface area contributed by atoms with Crippen LogP contribution in [0.15, 0.2) is 30.7 Å². The zero-order valence-corrected chi connectivity index (χ0v) is 15.3. The van der Waals surface area contributed by atoms with Gasteiger partial charge in [-0.05, 0) is 31.9 Å². The van der Waals surface area contributed by atoms with Gasteiger partial charge in [0.25, 0.3) is 0 Å². The molecule has 1 N–H and O–H groups in total. The number of fused-ring (bicyclic) bond motifs is 1. The SMILES string of the molecule is Cc1nn(C)c(Oc2cccnc2)c1CNCc1cnc2n1CCCC2. The van der Waals surface area contributed by atoms with Crippen LogP contribution in [0.25, 0.3) is 0 Å². The largest absolute Gasteiger partial charge is 0.437 e. The van der Waals surface area contributed by atoms with Gasteiger partial charge >= 0.3 is 0 Å². The average molecular weight is 352 g/mol. The van der Waals surface area contributed by atoms with Crippen molar-refractivity contribution in [3.63, 3.8) is 0 Å². The Morgan fingerprint density at radius 2 is 2.15 bits per heavy atom. The second-order valence-corrected chi connectivity index (χ2v) is 6.66. The summed E-state index contributed by atoms with van der Waals surface area (Å²) in [6.45, 7) is 4.56. The van der Waals surface area contributed by atoms with Gasteiger partial charge in [-0.15, -0.1) is 0 Å². The van der Waals surface area contributed by atoms with Gasteiger partial charge in [0.15, 0.2) is 0 Å². The summed E-state index contributed by atoms with van der Waals surface area (Å²) in [7, 11) is 1.90. The van der Waals surface area contributed by atoms with E-state index in [2.05, 4.69) is 25.0 Å². The number of hydrogen-bond acceptors (Lipinski definition) is 5. The third-order valence-electron chi connectivity index (χ3n) is 4.80. The van der Waals surface area contributed by atoms with Crippen molar-refractivity contribution in [1.82, 2.24) is 29.6 Å². The molecule has 0 bridgehead atoms. The number of ether oxygens (including phenoxy) is 1. The van der Waals surface area contributed by atoms with Crippen LogP contribution < -0.4 is 10.1 Å². The lowest BCUT2D eigenvalue weighted by Gasteiger charge is -2.16. The zero-order valence-electron chi connectivity index (χ0n) is 15.3. The molecule has 1 aliphatic rings. The van der Waals surface area contributed by atoms with Crippen LogP contribution in [0.5, 0.6) is 11.6 Å². The van der Waals surface area contributed by atoms with Crippen LogP contribution in [-0.2, 0) is 33.1 Å². The highest BCUT2D eigenvalue weighted by atomic mass is 16.5. The van der Waals surface area contributed by atoms with E-state index in [4.69, 9.17) is 4.74 Å². The molecule has 136 valence electrons. The molecule has 0 spiro atoms. The number of nitrogens with one attached hydrogen (secondary N) is 1. The van der Waals surface area contributed by atoms with Crippen molar-refractivity contribution in [2.24, 2.45) is 7.05 Å². The van der Waals surface area contributed by atoms with E-state index in [0.717, 1.165) is 36.6 Å². The summed E-state index contributed by atoms with van der Waals surface area (Å²) in [5.41, 5.74) is 3.28. The Bertz CT molecular complexity index is 883. The van der Waals surface area contributed by atoms with Gasteiger partial charge in [0.1, 0.15) is 11.6 Å². The predicted molar refractivity (Wildman–Crippen MR) is 98.0 cm³/mol. The molecule has 4 heterocycles. The van der Waals surface area contributed by atoms with Crippen LogP contribution in [0.2, 0.25) is 0 Å². The van der Waals surface area contributed by atoms with Crippen molar-refractivity contribution < 1.29 is 4.74 Å². The maximum Gasteiger partial charge on any atom is 0.222 e. The van der Waals surface area contributed by atoms with Gasteiger partial charge in [-0.25, -0.2) is 9.67 Å². The third kappa shape index (κ3) is 3.35. The predicted octanol–water partition coefficient (Wildman–Crippen LogP) is 2.74. The molecule has 3 aromatic heterocycles. The Balaban J connectivity index is 1.46. The fourth-order valence-corrected chi connectivity index (χ4v) is 3.47. The minimum absolute atomic E-state index is 0.690. The van der Waals surface area contributed by atoms with Crippen LogP contribution in [0.1, 0.15) is 35.6 Å². The van der Waals surface area contributed by atoms with Crippen LogP contribution in [0.4, 0.5) is 0 Å². The van der Waals surface area contributed by atoms with Gasteiger partial charge in [0, 0.05) is 45.5 Å². The first-order chi connectivity index (χ1) is 12.7. The summed E-state index contributed by atoms with van der Waals surface area (Å²) in [6, 6.07) is 3.75. The first kappa shape index (κ1) is 16.8. The van der Waals surface area contributed by atoms with Crippen molar-refractivity contribution >= 4 is 0 Å². The Hall–Kier alpha value is -2.67. The van der Waals surface area contributed by atoms with Crippen LogP contribution in [0.3, 0.4) is 0 Å². The molecule has 26 heavy (non-hydrogen) atoms. The van der Waals surface area contributed by atoms with E-state index < -0.39 is 0 Å². The van der Waals surface area contributed by atoms with Crippen LogP contribution in [0, 0.1) is 6.92 Å². The molecule has 0 atom stereocenters. The number of aryl methyl sites for hydroxylation is 3. The third-order valence-corrected chi connectivity index (χ3v) is 4.80. The van der Waals surface area contributed by atoms with Crippen molar-refractivity contribution in [3.8, 4) is 11.6 Å². The molecule has 7 heteroatoms. The van der Waals surface area contributed by atoms with Crippen molar-refractivity contribution in [3.05, 3.63) is 53.5 Å². The normalized spacial score (nSPS) is 13.6. The molecule has 4 rings (SSSR count). The summed E-state index contributed by atoms with van der Waals surface area (Å²) in [4.78, 5) is 8.66. The van der Waals surface area contributed by atoms with Gasteiger partial charge < -0.3 is 14.6 Å². The lowest BCUT2D eigenvalue weighted by molar-refractivity contribution is 0.421. The highest BCUT2D eigenvalue weighted by Gasteiger charge is 2.17. The van der Waals surface area contributed by atoms with Crippen LogP contribution >= 0.6 is 0 Å². The summed E-state index contributed by atoms with van der Waals surface area (Å²) >= 11 is 0. The summed E-state index contributed by atoms with van der Waals surface area (Å²) in [5, 5.41) is 8.03. The Morgan fingerprint density at radius 3 is 3.00 bits per heavy atom. The highest BCUT2D eigenvalue weighted by molar-refractivity contribution is 5.34. The molecule has 0 saturated carbocycles. The molecule has 0 fully saturated rings. The smallest absolute Gasteiger partial charge is 0.222 e. The number of rotatable bonds is 6. The molecule has 0 aromatic carbocycles. The van der Waals surface area contributed by atoms with E-state index in [1.54, 1.807) is 17.1 Å². The fraction of sp³-hybridized carbons (Fsp3) is 0.421. The number of nitrogens with zero attached hydrogens (tertiary/aromatic N) is 5. The topological polar surface area (TPSA) is 69.8 Å². The Labute approximate surface area is 153 Å². The molecule has 0 saturated heterocycles. The zero-order chi connectivity index (χ0) is 17.9. The van der Waals surface area contributed by atoms with Crippen molar-refractivity contribution in [2.75, 3.05) is 0 Å². The van der Waals surface area contributed by atoms with Gasteiger partial charge in [-0.2, -0.15) is 5.10 Å². The fourth-order valence-electron chi connectivity index (χ4n) is 3.47. The first-order valence-electron chi connectivity index (χ1n) is 9.06. The summed E-state index contributed by atoms with van der Waals surface area (Å²) in [5.74, 6) is 2.67. The quantitative estimate of drug-likeness (QED) is 0.739. The minimum atomic E-state index is 0.690. The Kier molecular flexibility index (Phi) is 4.71. The van der Waals surface area contributed by atoms with E-state index in [9.17, 15) is 0 Å². The standard InChI is InChI=1S/C19H24N6O/c1-14-17(19(24(2)23-14)26-16-6-5-8-20-12-16)13-21-10-15-11-22-18-7-3-4-9-25(15)18/h5-6,8,11-12,21H,3-4,7,9-10,13H2,1-2H3. The van der Waals surface area contributed by atoms with E-state index >= 15 is 0 Å². The number of pyridine rings is 1. The van der Waals surface area contributed by atoms with Gasteiger partial charge in [0.05, 0.1) is 23.1 Å². The van der Waals surface area contributed by atoms with Gasteiger partial charge in [0.2, 0.25) is 5.88 Å². The number of hydrogen-bond donors (Lipinski definition) is 1. The molecule has 7 nitrogen and oxygen atoms in total. The van der Waals surface area contributed by atoms with Gasteiger partial charge in [-0.3, -0.25) is 4.98 Å².